The Labute approximate surface area is 130 Å². The Balaban J connectivity index is 2.34. The predicted molar refractivity (Wildman–Crippen MR) is 79.5 cm³/mol. The van der Waals surface area contributed by atoms with Crippen molar-refractivity contribution in [3.05, 3.63) is 0 Å². The summed E-state index contributed by atoms with van der Waals surface area (Å²) in [5.74, 6) is -1.78. The van der Waals surface area contributed by atoms with Crippen LogP contribution < -0.4 is 16.0 Å². The van der Waals surface area contributed by atoms with Gasteiger partial charge in [0.15, 0.2) is 5.54 Å². The van der Waals surface area contributed by atoms with E-state index < -0.39 is 23.4 Å². The van der Waals surface area contributed by atoms with Gasteiger partial charge < -0.3 is 25.8 Å². The Kier molecular flexibility index (Phi) is 7.10. The van der Waals surface area contributed by atoms with E-state index >= 15 is 0 Å². The summed E-state index contributed by atoms with van der Waals surface area (Å²) in [4.78, 5) is 34.6. The number of rotatable bonds is 7. The summed E-state index contributed by atoms with van der Waals surface area (Å²) < 4.78 is 4.80. The summed E-state index contributed by atoms with van der Waals surface area (Å²) in [5, 5.41) is 16.7. The molecular formula is C14H25N3O5. The number of methoxy groups -OCH3 is 1. The molecule has 0 aliphatic heterocycles. The monoisotopic (exact) mass is 315 g/mol. The fraction of sp³-hybridized carbons (Fsp3) is 0.786. The molecule has 0 aromatic rings. The first-order valence-corrected chi connectivity index (χ1v) is 7.45. The maximum atomic E-state index is 11.8. The van der Waals surface area contributed by atoms with Gasteiger partial charge in [0.2, 0.25) is 5.91 Å². The molecule has 1 atom stereocenters. The molecule has 1 aliphatic carbocycles. The van der Waals surface area contributed by atoms with Gasteiger partial charge in [0, 0.05) is 13.2 Å². The summed E-state index contributed by atoms with van der Waals surface area (Å²) >= 11 is 0. The van der Waals surface area contributed by atoms with E-state index in [1.54, 1.807) is 0 Å². The molecule has 0 spiro atoms. The van der Waals surface area contributed by atoms with Crippen molar-refractivity contribution in [3.63, 3.8) is 0 Å². The van der Waals surface area contributed by atoms with Gasteiger partial charge >= 0.3 is 12.0 Å². The molecule has 4 N–H and O–H groups in total. The average molecular weight is 315 g/mol. The molecule has 126 valence electrons. The number of hydrogen-bond donors (Lipinski definition) is 4. The third kappa shape index (κ3) is 5.88. The normalized spacial score (nSPS) is 18.1. The Hall–Kier alpha value is -1.83. The van der Waals surface area contributed by atoms with Crippen molar-refractivity contribution in [2.45, 2.75) is 50.6 Å². The van der Waals surface area contributed by atoms with Gasteiger partial charge in [-0.2, -0.15) is 0 Å². The van der Waals surface area contributed by atoms with Crippen LogP contribution >= 0.6 is 0 Å². The van der Waals surface area contributed by atoms with Crippen LogP contribution in [0.2, 0.25) is 0 Å². The van der Waals surface area contributed by atoms with Gasteiger partial charge in [-0.05, 0) is 19.8 Å². The zero-order valence-corrected chi connectivity index (χ0v) is 13.1. The van der Waals surface area contributed by atoms with Gasteiger partial charge in [0.25, 0.3) is 0 Å². The number of aliphatic carboxylic acids is 1. The molecule has 1 fully saturated rings. The first-order valence-electron chi connectivity index (χ1n) is 7.45. The number of hydrogen-bond acceptors (Lipinski definition) is 4. The number of carboxylic acids is 1. The predicted octanol–water partition coefficient (Wildman–Crippen LogP) is 0.224. The molecule has 0 aromatic heterocycles. The minimum atomic E-state index is -1.52. The van der Waals surface area contributed by atoms with Crippen LogP contribution in [0.4, 0.5) is 4.79 Å². The van der Waals surface area contributed by atoms with Crippen LogP contribution in [-0.2, 0) is 14.3 Å². The molecule has 0 bridgehead atoms. The summed E-state index contributed by atoms with van der Waals surface area (Å²) in [6.07, 6.45) is 5.28. The highest BCUT2D eigenvalue weighted by Gasteiger charge is 2.34. The lowest BCUT2D eigenvalue weighted by atomic mass is 9.96. The molecule has 8 heteroatoms. The second kappa shape index (κ2) is 8.57. The Morgan fingerprint density at radius 3 is 2.41 bits per heavy atom. The van der Waals surface area contributed by atoms with E-state index in [2.05, 4.69) is 16.0 Å². The van der Waals surface area contributed by atoms with Crippen molar-refractivity contribution < 1.29 is 24.2 Å². The fourth-order valence-corrected chi connectivity index (χ4v) is 2.44. The third-order valence-corrected chi connectivity index (χ3v) is 3.67. The summed E-state index contributed by atoms with van der Waals surface area (Å²) in [6.45, 7) is 0.895. The second-order valence-corrected chi connectivity index (χ2v) is 5.78. The lowest BCUT2D eigenvalue weighted by molar-refractivity contribution is -0.149. The highest BCUT2D eigenvalue weighted by atomic mass is 16.5. The van der Waals surface area contributed by atoms with Gasteiger partial charge in [-0.15, -0.1) is 0 Å². The van der Waals surface area contributed by atoms with Gasteiger partial charge in [-0.3, -0.25) is 4.79 Å². The Morgan fingerprint density at radius 1 is 1.23 bits per heavy atom. The fourth-order valence-electron chi connectivity index (χ4n) is 2.44. The van der Waals surface area contributed by atoms with Crippen LogP contribution in [0.25, 0.3) is 0 Å². The van der Waals surface area contributed by atoms with Crippen LogP contribution in [-0.4, -0.2) is 54.9 Å². The van der Waals surface area contributed by atoms with Crippen molar-refractivity contribution in [1.29, 1.82) is 0 Å². The first kappa shape index (κ1) is 18.2. The molecule has 3 amide bonds. The van der Waals surface area contributed by atoms with Crippen molar-refractivity contribution in [2.24, 2.45) is 0 Å². The van der Waals surface area contributed by atoms with Crippen molar-refractivity contribution in [2.75, 3.05) is 20.3 Å². The number of nitrogens with one attached hydrogen (secondary N) is 3. The van der Waals surface area contributed by atoms with Gasteiger partial charge in [0.05, 0.1) is 13.2 Å². The van der Waals surface area contributed by atoms with Crippen LogP contribution in [0.3, 0.4) is 0 Å². The lowest BCUT2D eigenvalue weighted by Gasteiger charge is -2.26. The van der Waals surface area contributed by atoms with E-state index in [1.807, 2.05) is 0 Å². The van der Waals surface area contributed by atoms with E-state index in [9.17, 15) is 14.4 Å². The maximum Gasteiger partial charge on any atom is 0.331 e. The molecule has 1 aliphatic rings. The molecule has 0 aromatic carbocycles. The van der Waals surface area contributed by atoms with Gasteiger partial charge in [-0.25, -0.2) is 9.59 Å². The molecular weight excluding hydrogens is 290 g/mol. The minimum absolute atomic E-state index is 0.148. The third-order valence-electron chi connectivity index (χ3n) is 3.67. The van der Waals surface area contributed by atoms with Crippen LogP contribution in [0.1, 0.15) is 39.0 Å². The lowest BCUT2D eigenvalue weighted by Crippen LogP contribution is -2.57. The van der Waals surface area contributed by atoms with Crippen LogP contribution in [0.15, 0.2) is 0 Å². The largest absolute Gasteiger partial charge is 0.479 e. The molecule has 1 saturated carbocycles. The van der Waals surface area contributed by atoms with E-state index in [-0.39, 0.29) is 19.2 Å². The standard InChI is InChI=1S/C14H25N3O5/c1-14(9-22-2,12(19)20)17-11(18)8-15-13(21)16-10-6-4-3-5-7-10/h10H,3-9H2,1-2H3,(H,17,18)(H,19,20)(H2,15,16,21). The molecule has 0 saturated heterocycles. The molecule has 22 heavy (non-hydrogen) atoms. The highest BCUT2D eigenvalue weighted by Crippen LogP contribution is 2.17. The number of carboxylic acid groups (broad SMARTS) is 1. The Bertz CT molecular complexity index is 409. The molecule has 8 nitrogen and oxygen atoms in total. The molecule has 1 unspecified atom stereocenters. The van der Waals surface area contributed by atoms with E-state index in [0.717, 1.165) is 25.7 Å². The first-order chi connectivity index (χ1) is 10.4. The van der Waals surface area contributed by atoms with E-state index in [4.69, 9.17) is 9.84 Å². The van der Waals surface area contributed by atoms with E-state index in [1.165, 1.54) is 20.5 Å². The zero-order chi connectivity index (χ0) is 16.6. The number of amides is 3. The summed E-state index contributed by atoms with van der Waals surface area (Å²) in [5.41, 5.74) is -1.52. The molecule has 0 heterocycles. The highest BCUT2D eigenvalue weighted by molar-refractivity contribution is 5.89. The zero-order valence-electron chi connectivity index (χ0n) is 13.1. The molecule has 0 radical (unpaired) electrons. The topological polar surface area (TPSA) is 117 Å². The SMILES string of the molecule is COCC(C)(NC(=O)CNC(=O)NC1CCCCC1)C(=O)O. The Morgan fingerprint density at radius 2 is 1.86 bits per heavy atom. The number of urea groups is 1. The summed E-state index contributed by atoms with van der Waals surface area (Å²) in [7, 11) is 1.35. The van der Waals surface area contributed by atoms with Crippen molar-refractivity contribution >= 4 is 17.9 Å². The number of carbonyl (C=O) groups excluding carboxylic acids is 2. The minimum Gasteiger partial charge on any atom is -0.479 e. The quantitative estimate of drug-likeness (QED) is 0.536. The maximum absolute atomic E-state index is 11.8. The van der Waals surface area contributed by atoms with Crippen molar-refractivity contribution in [3.8, 4) is 0 Å². The van der Waals surface area contributed by atoms with E-state index in [0.29, 0.717) is 0 Å². The smallest absolute Gasteiger partial charge is 0.331 e. The number of carbonyl (C=O) groups is 3. The van der Waals surface area contributed by atoms with Crippen LogP contribution in [0.5, 0.6) is 0 Å². The summed E-state index contributed by atoms with van der Waals surface area (Å²) in [6, 6.07) is -0.264. The second-order valence-electron chi connectivity index (χ2n) is 5.78. The van der Waals surface area contributed by atoms with Crippen LogP contribution in [0, 0.1) is 0 Å². The number of ether oxygens (including phenoxy) is 1. The van der Waals surface area contributed by atoms with Crippen molar-refractivity contribution in [1.82, 2.24) is 16.0 Å². The van der Waals surface area contributed by atoms with Gasteiger partial charge in [-0.1, -0.05) is 19.3 Å². The molecule has 1 rings (SSSR count). The average Bonchev–Trinajstić information content (AvgIpc) is 2.46. The van der Waals surface area contributed by atoms with Gasteiger partial charge in [0.1, 0.15) is 0 Å².